The third-order valence-electron chi connectivity index (χ3n) is 10.1. The number of hydrogen-bond donors (Lipinski definition) is 2. The monoisotopic (exact) mass is 676 g/mol. The Morgan fingerprint density at radius 3 is 2.58 bits per heavy atom. The number of nitrogens with one attached hydrogen (secondary N) is 2. The minimum Gasteiger partial charge on any atom is -0.497 e. The summed E-state index contributed by atoms with van der Waals surface area (Å²) in [5, 5.41) is 9.21. The first-order valence-corrected chi connectivity index (χ1v) is 18.4. The molecule has 50 heavy (non-hydrogen) atoms. The molecule has 0 amide bonds. The van der Waals surface area contributed by atoms with E-state index in [4.69, 9.17) is 24.2 Å². The summed E-state index contributed by atoms with van der Waals surface area (Å²) in [4.78, 5) is 14.6. The molecule has 2 aromatic carbocycles. The summed E-state index contributed by atoms with van der Waals surface area (Å²) in [7, 11) is 1.68. The highest BCUT2D eigenvalue weighted by atomic mass is 16.7. The Morgan fingerprint density at radius 1 is 0.920 bits per heavy atom. The largest absolute Gasteiger partial charge is 0.497 e. The van der Waals surface area contributed by atoms with Gasteiger partial charge in [0.15, 0.2) is 6.29 Å². The first-order chi connectivity index (χ1) is 24.3. The molecule has 2 fully saturated rings. The normalized spacial score (nSPS) is 19.6. The van der Waals surface area contributed by atoms with Gasteiger partial charge in [-0.2, -0.15) is 4.98 Å². The van der Waals surface area contributed by atoms with Gasteiger partial charge in [-0.15, -0.1) is 0 Å². The van der Waals surface area contributed by atoms with E-state index in [0.29, 0.717) is 31.1 Å². The van der Waals surface area contributed by atoms with E-state index < -0.39 is 0 Å². The first kappa shape index (κ1) is 34.2. The van der Waals surface area contributed by atoms with Gasteiger partial charge >= 0.3 is 0 Å². The zero-order valence-corrected chi connectivity index (χ0v) is 30.1. The molecule has 0 radical (unpaired) electrons. The Hall–Kier alpha value is -4.21. The van der Waals surface area contributed by atoms with Crippen LogP contribution >= 0.6 is 0 Å². The fourth-order valence-corrected chi connectivity index (χ4v) is 7.49. The molecular formula is C41H52N6O3. The van der Waals surface area contributed by atoms with Crippen LogP contribution in [0.4, 0.5) is 11.8 Å². The molecule has 0 bridgehead atoms. The number of aromatic nitrogens is 4. The molecule has 3 unspecified atom stereocenters. The Labute approximate surface area is 296 Å². The predicted octanol–water partition coefficient (Wildman–Crippen LogP) is 8.87. The molecule has 2 N–H and O–H groups in total. The number of ether oxygens (including phenoxy) is 3. The number of hydrogen-bond acceptors (Lipinski definition) is 8. The van der Waals surface area contributed by atoms with Crippen molar-refractivity contribution in [3.05, 3.63) is 83.7 Å². The van der Waals surface area contributed by atoms with Crippen molar-refractivity contribution in [2.24, 2.45) is 5.92 Å². The summed E-state index contributed by atoms with van der Waals surface area (Å²) in [6.45, 7) is 8.64. The van der Waals surface area contributed by atoms with E-state index >= 15 is 0 Å². The number of fused-ring (bicyclic) bond motifs is 2. The smallest absolute Gasteiger partial charge is 0.224 e. The van der Waals surface area contributed by atoms with Crippen LogP contribution in [-0.4, -0.2) is 51.7 Å². The van der Waals surface area contributed by atoms with Crippen molar-refractivity contribution in [1.29, 1.82) is 0 Å². The molecule has 9 heteroatoms. The van der Waals surface area contributed by atoms with Gasteiger partial charge in [0.05, 0.1) is 19.2 Å². The highest BCUT2D eigenvalue weighted by Crippen LogP contribution is 2.39. The number of benzene rings is 2. The molecule has 3 aromatic heterocycles. The Balaban J connectivity index is 1.02. The van der Waals surface area contributed by atoms with Crippen molar-refractivity contribution in [1.82, 2.24) is 19.5 Å². The van der Waals surface area contributed by atoms with Gasteiger partial charge in [-0.25, -0.2) is 9.97 Å². The van der Waals surface area contributed by atoms with Gasteiger partial charge in [0.1, 0.15) is 17.2 Å². The second kappa shape index (κ2) is 15.4. The van der Waals surface area contributed by atoms with Crippen LogP contribution in [0.25, 0.3) is 21.9 Å². The summed E-state index contributed by atoms with van der Waals surface area (Å²) >= 11 is 0. The van der Waals surface area contributed by atoms with Crippen LogP contribution in [0.15, 0.2) is 67.0 Å². The number of rotatable bonds is 13. The van der Waals surface area contributed by atoms with Crippen molar-refractivity contribution in [3.8, 4) is 5.75 Å². The van der Waals surface area contributed by atoms with Crippen molar-refractivity contribution < 1.29 is 14.2 Å². The second-order valence-corrected chi connectivity index (χ2v) is 15.1. The Kier molecular flexibility index (Phi) is 10.5. The van der Waals surface area contributed by atoms with Gasteiger partial charge in [-0.3, -0.25) is 0 Å². The van der Waals surface area contributed by atoms with Crippen LogP contribution in [-0.2, 0) is 28.9 Å². The maximum atomic E-state index is 6.18. The molecule has 1 saturated heterocycles. The van der Waals surface area contributed by atoms with Crippen LogP contribution in [0.1, 0.15) is 88.4 Å². The van der Waals surface area contributed by atoms with E-state index in [-0.39, 0.29) is 11.8 Å². The van der Waals surface area contributed by atoms with Crippen molar-refractivity contribution in [2.75, 3.05) is 31.0 Å². The molecule has 2 aliphatic rings. The van der Waals surface area contributed by atoms with Gasteiger partial charge < -0.3 is 29.4 Å². The van der Waals surface area contributed by atoms with Crippen LogP contribution in [0.5, 0.6) is 5.75 Å². The maximum absolute atomic E-state index is 6.18. The van der Waals surface area contributed by atoms with Crippen molar-refractivity contribution in [3.63, 3.8) is 0 Å². The minimum atomic E-state index is -0.0637. The topological polar surface area (TPSA) is 95.4 Å². The van der Waals surface area contributed by atoms with Gasteiger partial charge in [0.2, 0.25) is 5.95 Å². The zero-order valence-electron chi connectivity index (χ0n) is 30.1. The third kappa shape index (κ3) is 8.56. The molecule has 1 aliphatic heterocycles. The minimum absolute atomic E-state index is 0.0482. The van der Waals surface area contributed by atoms with Gasteiger partial charge in [-0.05, 0) is 144 Å². The lowest BCUT2D eigenvalue weighted by Gasteiger charge is -2.23. The molecular weight excluding hydrogens is 624 g/mol. The molecule has 264 valence electrons. The number of aryl methyl sites for hydroxylation is 1. The fraction of sp³-hybridized carbons (Fsp3) is 0.488. The van der Waals surface area contributed by atoms with E-state index in [1.54, 1.807) is 7.11 Å². The van der Waals surface area contributed by atoms with Crippen LogP contribution in [0.2, 0.25) is 0 Å². The average Bonchev–Trinajstić information content (AvgIpc) is 3.77. The molecule has 9 nitrogen and oxygen atoms in total. The van der Waals surface area contributed by atoms with E-state index in [9.17, 15) is 0 Å². The lowest BCUT2D eigenvalue weighted by molar-refractivity contribution is -0.161. The van der Waals surface area contributed by atoms with Crippen molar-refractivity contribution >= 4 is 33.7 Å². The Bertz CT molecular complexity index is 1880. The summed E-state index contributed by atoms with van der Waals surface area (Å²) in [6.07, 6.45) is 14.0. The summed E-state index contributed by atoms with van der Waals surface area (Å²) in [6, 6.07) is 19.6. The Morgan fingerprint density at radius 2 is 1.78 bits per heavy atom. The van der Waals surface area contributed by atoms with Gasteiger partial charge in [0, 0.05) is 47.9 Å². The third-order valence-corrected chi connectivity index (χ3v) is 10.1. The molecule has 5 aromatic rings. The molecule has 1 saturated carbocycles. The van der Waals surface area contributed by atoms with Crippen LogP contribution in [0, 0.1) is 5.92 Å². The average molecular weight is 677 g/mol. The maximum Gasteiger partial charge on any atom is 0.224 e. The predicted molar refractivity (Wildman–Crippen MR) is 201 cm³/mol. The van der Waals surface area contributed by atoms with Crippen LogP contribution < -0.4 is 15.4 Å². The molecule has 3 atom stereocenters. The zero-order chi connectivity index (χ0) is 34.5. The number of methoxy groups -OCH3 is 1. The number of nitrogens with zero attached hydrogens (tertiary/aromatic N) is 4. The van der Waals surface area contributed by atoms with E-state index in [1.807, 2.05) is 18.3 Å². The molecule has 4 heterocycles. The fourth-order valence-electron chi connectivity index (χ4n) is 7.49. The highest BCUT2D eigenvalue weighted by Gasteiger charge is 2.27. The lowest BCUT2D eigenvalue weighted by Crippen LogP contribution is -2.26. The number of pyridine rings is 1. The summed E-state index contributed by atoms with van der Waals surface area (Å²) in [5.74, 6) is 3.08. The number of anilines is 2. The molecule has 1 aliphatic carbocycles. The molecule has 0 spiro atoms. The highest BCUT2D eigenvalue weighted by molar-refractivity contribution is 5.82. The van der Waals surface area contributed by atoms with E-state index in [2.05, 4.69) is 89.6 Å². The van der Waals surface area contributed by atoms with Gasteiger partial charge in [0.25, 0.3) is 0 Å². The summed E-state index contributed by atoms with van der Waals surface area (Å²) in [5.41, 5.74) is 5.92. The SMILES string of the molecule is COc1ccc(CNc2ncc3ccn(C4CCC(CCc5cc6nc(NC(C)(C)C)ccc6cc5CCOC5CCCCO5)C4)c3n2)cc1. The van der Waals surface area contributed by atoms with E-state index in [0.717, 1.165) is 85.2 Å². The van der Waals surface area contributed by atoms with Gasteiger partial charge in [-0.1, -0.05) is 12.1 Å². The standard InChI is InChI=1S/C41H52N6O3/c1-41(2,3)46-37-17-13-32-24-31(19-22-50-38-7-5-6-21-49-38)30(25-36(32)44-37)12-8-28-9-14-34(23-28)47-20-18-33-27-43-40(45-39(33)47)42-26-29-10-15-35(48-4)16-11-29/h10-11,13,15-18,20,24-25,27-28,34,38H,5-9,12,14,19,21-23,26H2,1-4H3,(H,44,46)(H,42,43,45). The van der Waals surface area contributed by atoms with Crippen molar-refractivity contribution in [2.45, 2.75) is 103 Å². The first-order valence-electron chi connectivity index (χ1n) is 18.4. The lowest BCUT2D eigenvalue weighted by atomic mass is 9.93. The van der Waals surface area contributed by atoms with Crippen LogP contribution in [0.3, 0.4) is 0 Å². The summed E-state index contributed by atoms with van der Waals surface area (Å²) < 4.78 is 19.7. The molecule has 7 rings (SSSR count). The van der Waals surface area contributed by atoms with E-state index in [1.165, 1.54) is 29.4 Å². The second-order valence-electron chi connectivity index (χ2n) is 15.1. The quantitative estimate of drug-likeness (QED) is 0.128.